The lowest BCUT2D eigenvalue weighted by Crippen LogP contribution is -2.34. The van der Waals surface area contributed by atoms with E-state index in [1.165, 1.54) is 19.5 Å². The predicted octanol–water partition coefficient (Wildman–Crippen LogP) is 7.49. The van der Waals surface area contributed by atoms with E-state index in [-0.39, 0.29) is 30.1 Å². The first-order valence-corrected chi connectivity index (χ1v) is 17.8. The third-order valence-electron chi connectivity index (χ3n) is 8.24. The molecule has 2 amide bonds. The highest BCUT2D eigenvalue weighted by atomic mass is 35.5. The van der Waals surface area contributed by atoms with E-state index in [2.05, 4.69) is 41.7 Å². The second kappa shape index (κ2) is 19.0. The number of benzene rings is 4. The fourth-order valence-corrected chi connectivity index (χ4v) is 5.67. The monoisotopic (exact) mass is 779 g/mol. The molecular formula is C39H38ClN9O7. The van der Waals surface area contributed by atoms with Crippen LogP contribution in [0.25, 0.3) is 33.2 Å². The molecule has 0 bridgehead atoms. The van der Waals surface area contributed by atoms with Crippen molar-refractivity contribution in [2.45, 2.75) is 0 Å². The molecule has 0 fully saturated rings. The van der Waals surface area contributed by atoms with Crippen LogP contribution in [0.1, 0.15) is 0 Å². The molecule has 288 valence electrons. The molecule has 0 aliphatic rings. The number of ether oxygens (including phenoxy) is 3. The first-order valence-electron chi connectivity index (χ1n) is 17.4. The molecule has 2 heterocycles. The van der Waals surface area contributed by atoms with E-state index in [1.54, 1.807) is 48.5 Å². The molecule has 4 aromatic carbocycles. The van der Waals surface area contributed by atoms with Gasteiger partial charge in [-0.05, 0) is 67.7 Å². The summed E-state index contributed by atoms with van der Waals surface area (Å²) in [6.07, 6.45) is 0.0189. The Morgan fingerprint density at radius 2 is 1.70 bits per heavy atom. The Balaban J connectivity index is 0.881. The van der Waals surface area contributed by atoms with Gasteiger partial charge >= 0.3 is 12.2 Å². The summed E-state index contributed by atoms with van der Waals surface area (Å²) >= 11 is 6.12. The maximum atomic E-state index is 12.7. The first-order chi connectivity index (χ1) is 27.3. The van der Waals surface area contributed by atoms with Gasteiger partial charge in [-0.2, -0.15) is 5.11 Å². The van der Waals surface area contributed by atoms with Gasteiger partial charge in [-0.3, -0.25) is 15.5 Å². The third-order valence-corrected chi connectivity index (χ3v) is 8.48. The maximum Gasteiger partial charge on any atom is 0.411 e. The zero-order valence-corrected chi connectivity index (χ0v) is 31.2. The standard InChI is InChI=1S/C39H38ClN9O7/c1-49(18-16-44-48-47-27-13-14-31-30(22-27)37(43-24-42-31)45-26-8-5-7-25(40)21-26)17-15-41-38(51)54-19-20-55-39(52)46-36-29(10-6-12-34(36)53-2)35-23-32(50)28-9-3-4-11-33(28)56-35/h3-14,21-24H,15-20H2,1-2H3,(H,41,51)(H,44,47)(H,46,52)(H,42,43,45). The molecule has 0 atom stereocenters. The molecule has 4 N–H and O–H groups in total. The zero-order valence-electron chi connectivity index (χ0n) is 30.5. The highest BCUT2D eigenvalue weighted by Gasteiger charge is 2.18. The Morgan fingerprint density at radius 3 is 2.54 bits per heavy atom. The number of alkyl carbamates (subject to hydrolysis) is 1. The van der Waals surface area contributed by atoms with Gasteiger partial charge in [0.1, 0.15) is 42.5 Å². The summed E-state index contributed by atoms with van der Waals surface area (Å²) in [6.45, 7) is 1.47. The van der Waals surface area contributed by atoms with Crippen molar-refractivity contribution in [3.05, 3.63) is 113 Å². The van der Waals surface area contributed by atoms with Gasteiger partial charge in [0.05, 0.1) is 35.9 Å². The van der Waals surface area contributed by atoms with Crippen molar-refractivity contribution in [3.8, 4) is 17.1 Å². The van der Waals surface area contributed by atoms with Crippen LogP contribution in [0.3, 0.4) is 0 Å². The number of hydrogen-bond donors (Lipinski definition) is 4. The van der Waals surface area contributed by atoms with Crippen LogP contribution in [-0.2, 0) is 9.47 Å². The molecule has 6 aromatic rings. The SMILES string of the molecule is COc1cccc(-c2cc(=O)c3ccccc3o2)c1NC(=O)OCCOC(=O)NCCN(C)CCN=NNc1ccc2ncnc(Nc3cccc(Cl)c3)c2c1. The topological polar surface area (TPSA) is 194 Å². The van der Waals surface area contributed by atoms with Crippen LogP contribution in [-0.4, -0.2) is 80.6 Å². The van der Waals surface area contributed by atoms with E-state index in [4.69, 9.17) is 30.2 Å². The van der Waals surface area contributed by atoms with Gasteiger partial charge in [0.25, 0.3) is 0 Å². The third kappa shape index (κ3) is 10.5. The van der Waals surface area contributed by atoms with Crippen molar-refractivity contribution in [2.24, 2.45) is 10.3 Å². The Kier molecular flexibility index (Phi) is 13.2. The van der Waals surface area contributed by atoms with Gasteiger partial charge in [0, 0.05) is 47.4 Å². The molecule has 2 aromatic heterocycles. The van der Waals surface area contributed by atoms with Gasteiger partial charge in [-0.15, -0.1) is 0 Å². The summed E-state index contributed by atoms with van der Waals surface area (Å²) in [5, 5.41) is 18.7. The summed E-state index contributed by atoms with van der Waals surface area (Å²) in [4.78, 5) is 48.3. The predicted molar refractivity (Wildman–Crippen MR) is 214 cm³/mol. The average Bonchev–Trinajstić information content (AvgIpc) is 3.19. The largest absolute Gasteiger partial charge is 0.495 e. The zero-order chi connectivity index (χ0) is 39.3. The smallest absolute Gasteiger partial charge is 0.411 e. The molecule has 17 heteroatoms. The molecule has 0 spiro atoms. The molecule has 0 aliphatic heterocycles. The van der Waals surface area contributed by atoms with E-state index in [1.807, 2.05) is 48.3 Å². The highest BCUT2D eigenvalue weighted by molar-refractivity contribution is 6.30. The quantitative estimate of drug-likeness (QED) is 0.0430. The molecular weight excluding hydrogens is 742 g/mol. The number of hydrogen-bond acceptors (Lipinski definition) is 13. The fraction of sp³-hybridized carbons (Fsp3) is 0.205. The second-order valence-electron chi connectivity index (χ2n) is 12.1. The highest BCUT2D eigenvalue weighted by Crippen LogP contribution is 2.36. The van der Waals surface area contributed by atoms with Crippen molar-refractivity contribution in [3.63, 3.8) is 0 Å². The Labute approximate surface area is 325 Å². The van der Waals surface area contributed by atoms with Crippen LogP contribution in [0, 0.1) is 0 Å². The number of para-hydroxylation sites is 2. The molecule has 16 nitrogen and oxygen atoms in total. The number of carbonyl (C=O) groups excluding carboxylic acids is 2. The van der Waals surface area contributed by atoms with Crippen LogP contribution in [0.5, 0.6) is 5.75 Å². The number of fused-ring (bicyclic) bond motifs is 2. The Bertz CT molecular complexity index is 2410. The number of rotatable bonds is 16. The van der Waals surface area contributed by atoms with Crippen molar-refractivity contribution in [1.82, 2.24) is 20.2 Å². The van der Waals surface area contributed by atoms with Crippen LogP contribution in [0.15, 0.2) is 117 Å². The minimum Gasteiger partial charge on any atom is -0.495 e. The number of likely N-dealkylation sites (N-methyl/N-ethyl adjacent to an activating group) is 1. The van der Waals surface area contributed by atoms with E-state index in [0.717, 1.165) is 16.6 Å². The van der Waals surface area contributed by atoms with Gasteiger partial charge in [-0.25, -0.2) is 19.6 Å². The van der Waals surface area contributed by atoms with Gasteiger partial charge in [0.15, 0.2) is 5.43 Å². The van der Waals surface area contributed by atoms with E-state index >= 15 is 0 Å². The van der Waals surface area contributed by atoms with Crippen molar-refractivity contribution in [2.75, 3.05) is 69.6 Å². The average molecular weight is 780 g/mol. The normalized spacial score (nSPS) is 11.1. The number of nitrogens with zero attached hydrogens (tertiary/aromatic N) is 5. The fourth-order valence-electron chi connectivity index (χ4n) is 5.48. The van der Waals surface area contributed by atoms with E-state index in [9.17, 15) is 14.4 Å². The molecule has 0 saturated heterocycles. The summed E-state index contributed by atoms with van der Waals surface area (Å²) < 4.78 is 21.7. The molecule has 6 rings (SSSR count). The van der Waals surface area contributed by atoms with Gasteiger partial charge in [0.2, 0.25) is 0 Å². The number of aromatic nitrogens is 2. The van der Waals surface area contributed by atoms with E-state index in [0.29, 0.717) is 65.0 Å². The van der Waals surface area contributed by atoms with Crippen LogP contribution >= 0.6 is 11.6 Å². The van der Waals surface area contributed by atoms with E-state index < -0.39 is 12.2 Å². The van der Waals surface area contributed by atoms with Crippen LogP contribution in [0.4, 0.5) is 32.5 Å². The lowest BCUT2D eigenvalue weighted by atomic mass is 10.1. The molecule has 0 radical (unpaired) electrons. The summed E-state index contributed by atoms with van der Waals surface area (Å²) in [6, 6.07) is 26.2. The number of nitrogens with one attached hydrogen (secondary N) is 4. The summed E-state index contributed by atoms with van der Waals surface area (Å²) in [5.41, 5.74) is 6.05. The Morgan fingerprint density at radius 1 is 0.875 bits per heavy atom. The van der Waals surface area contributed by atoms with Crippen molar-refractivity contribution < 1.29 is 28.2 Å². The molecule has 56 heavy (non-hydrogen) atoms. The number of carbonyl (C=O) groups is 2. The Hall–Kier alpha value is -6.78. The van der Waals surface area contributed by atoms with Crippen LogP contribution < -0.4 is 31.5 Å². The number of amides is 2. The summed E-state index contributed by atoms with van der Waals surface area (Å²) in [5.74, 6) is 1.19. The van der Waals surface area contributed by atoms with Crippen LogP contribution in [0.2, 0.25) is 5.02 Å². The number of halogens is 1. The first kappa shape index (κ1) is 38.9. The van der Waals surface area contributed by atoms with Crippen molar-refractivity contribution >= 4 is 68.5 Å². The number of methoxy groups -OCH3 is 1. The molecule has 0 saturated carbocycles. The van der Waals surface area contributed by atoms with Crippen molar-refractivity contribution in [1.29, 1.82) is 0 Å². The maximum absolute atomic E-state index is 12.7. The minimum absolute atomic E-state index is 0.176. The van der Waals surface area contributed by atoms with Gasteiger partial charge in [-0.1, -0.05) is 41.1 Å². The molecule has 0 unspecified atom stereocenters. The summed E-state index contributed by atoms with van der Waals surface area (Å²) in [7, 11) is 3.34. The minimum atomic E-state index is -0.819. The molecule has 0 aliphatic carbocycles. The second-order valence-corrected chi connectivity index (χ2v) is 12.6. The number of anilines is 4. The lowest BCUT2D eigenvalue weighted by Gasteiger charge is -2.16. The lowest BCUT2D eigenvalue weighted by molar-refractivity contribution is 0.102. The van der Waals surface area contributed by atoms with Gasteiger partial charge < -0.3 is 34.2 Å².